The van der Waals surface area contributed by atoms with Gasteiger partial charge in [0.05, 0.1) is 18.4 Å². The number of para-hydroxylation sites is 1. The monoisotopic (exact) mass is 357 g/mol. The molecule has 0 spiro atoms. The van der Waals surface area contributed by atoms with Crippen molar-refractivity contribution in [1.29, 1.82) is 0 Å². The summed E-state index contributed by atoms with van der Waals surface area (Å²) in [5.41, 5.74) is 2.99. The first-order valence-corrected chi connectivity index (χ1v) is 8.50. The van der Waals surface area contributed by atoms with Crippen LogP contribution in [0.5, 0.6) is 0 Å². The molecular weight excluding hydrogens is 338 g/mol. The van der Waals surface area contributed by atoms with Gasteiger partial charge in [0.25, 0.3) is 0 Å². The Morgan fingerprint density at radius 3 is 1.96 bits per heavy atom. The van der Waals surface area contributed by atoms with Crippen LogP contribution in [0, 0.1) is 0 Å². The van der Waals surface area contributed by atoms with Gasteiger partial charge in [-0.1, -0.05) is 72.8 Å². The number of nitrogens with one attached hydrogen (secondary N) is 1. The first-order valence-electron chi connectivity index (χ1n) is 8.50. The molecule has 1 N–H and O–H groups in total. The molecule has 0 saturated heterocycles. The largest absolute Gasteiger partial charge is 0.465 e. The van der Waals surface area contributed by atoms with Gasteiger partial charge in [-0.05, 0) is 17.7 Å². The summed E-state index contributed by atoms with van der Waals surface area (Å²) in [5, 5.41) is 3.22. The lowest BCUT2D eigenvalue weighted by Gasteiger charge is -2.14. The molecule has 0 unspecified atom stereocenters. The average molecular weight is 357 g/mol. The van der Waals surface area contributed by atoms with Crippen LogP contribution < -0.4 is 5.32 Å². The van der Waals surface area contributed by atoms with Crippen LogP contribution in [0.4, 0.5) is 5.69 Å². The van der Waals surface area contributed by atoms with Crippen molar-refractivity contribution in [3.63, 3.8) is 0 Å². The van der Waals surface area contributed by atoms with E-state index in [4.69, 9.17) is 4.74 Å². The molecule has 3 aromatic rings. The van der Waals surface area contributed by atoms with Gasteiger partial charge >= 0.3 is 5.97 Å². The van der Waals surface area contributed by atoms with Crippen LogP contribution in [0.15, 0.2) is 91.0 Å². The van der Waals surface area contributed by atoms with Gasteiger partial charge in [-0.2, -0.15) is 0 Å². The predicted octanol–water partition coefficient (Wildman–Crippen LogP) is 4.81. The summed E-state index contributed by atoms with van der Waals surface area (Å²) in [4.78, 5) is 24.7. The Morgan fingerprint density at radius 1 is 0.778 bits per heavy atom. The highest BCUT2D eigenvalue weighted by molar-refractivity contribution is 6.10. The van der Waals surface area contributed by atoms with Crippen LogP contribution in [0.2, 0.25) is 0 Å². The van der Waals surface area contributed by atoms with E-state index in [2.05, 4.69) is 5.32 Å². The number of ether oxygens (including phenoxy) is 1. The summed E-state index contributed by atoms with van der Waals surface area (Å²) in [7, 11) is 1.34. The van der Waals surface area contributed by atoms with Crippen molar-refractivity contribution >= 4 is 23.1 Å². The van der Waals surface area contributed by atoms with Gasteiger partial charge in [-0.15, -0.1) is 0 Å². The summed E-state index contributed by atoms with van der Waals surface area (Å²) in [6.07, 6.45) is 1.54. The second kappa shape index (κ2) is 8.63. The van der Waals surface area contributed by atoms with Crippen LogP contribution >= 0.6 is 0 Å². The highest BCUT2D eigenvalue weighted by Gasteiger charge is 2.14. The number of hydrogen-bond acceptors (Lipinski definition) is 4. The van der Waals surface area contributed by atoms with Crippen molar-refractivity contribution < 1.29 is 14.3 Å². The van der Waals surface area contributed by atoms with Gasteiger partial charge in [0.1, 0.15) is 0 Å². The van der Waals surface area contributed by atoms with E-state index >= 15 is 0 Å². The maximum absolute atomic E-state index is 12.7. The van der Waals surface area contributed by atoms with Crippen molar-refractivity contribution in [2.75, 3.05) is 12.4 Å². The first kappa shape index (κ1) is 18.1. The van der Waals surface area contributed by atoms with E-state index in [0.29, 0.717) is 22.5 Å². The molecule has 0 aliphatic rings. The fourth-order valence-electron chi connectivity index (χ4n) is 2.65. The molecule has 0 saturated carbocycles. The summed E-state index contributed by atoms with van der Waals surface area (Å²) in [6, 6.07) is 25.6. The van der Waals surface area contributed by atoms with E-state index in [1.807, 2.05) is 54.6 Å². The molecule has 0 aliphatic heterocycles. The lowest BCUT2D eigenvalue weighted by molar-refractivity contribution is 0.0602. The van der Waals surface area contributed by atoms with E-state index in [1.165, 1.54) is 7.11 Å². The van der Waals surface area contributed by atoms with E-state index in [0.717, 1.165) is 5.56 Å². The van der Waals surface area contributed by atoms with Gasteiger partial charge in [0.2, 0.25) is 0 Å². The minimum atomic E-state index is -0.445. The zero-order valence-corrected chi connectivity index (χ0v) is 14.9. The number of rotatable bonds is 6. The molecule has 0 aromatic heterocycles. The zero-order chi connectivity index (χ0) is 19.1. The maximum atomic E-state index is 12.7. The van der Waals surface area contributed by atoms with Gasteiger partial charge in [-0.25, -0.2) is 4.79 Å². The molecule has 0 amide bonds. The summed E-state index contributed by atoms with van der Waals surface area (Å²) >= 11 is 0. The smallest absolute Gasteiger partial charge is 0.339 e. The Bertz CT molecular complexity index is 963. The zero-order valence-electron chi connectivity index (χ0n) is 14.9. The first-order chi connectivity index (χ1) is 13.2. The van der Waals surface area contributed by atoms with E-state index in [9.17, 15) is 9.59 Å². The second-order valence-electron chi connectivity index (χ2n) is 5.82. The molecule has 4 heteroatoms. The van der Waals surface area contributed by atoms with Crippen LogP contribution in [-0.2, 0) is 4.74 Å². The molecule has 0 fully saturated rings. The van der Waals surface area contributed by atoms with Gasteiger partial charge < -0.3 is 10.1 Å². The maximum Gasteiger partial charge on any atom is 0.339 e. The van der Waals surface area contributed by atoms with Gasteiger partial charge in [-0.3, -0.25) is 4.79 Å². The number of allylic oxidation sites excluding steroid dienone is 1. The Labute approximate surface area is 158 Å². The molecule has 3 rings (SSSR count). The minimum Gasteiger partial charge on any atom is -0.465 e. The second-order valence-corrected chi connectivity index (χ2v) is 5.82. The van der Waals surface area contributed by atoms with Crippen molar-refractivity contribution in [2.45, 2.75) is 0 Å². The van der Waals surface area contributed by atoms with E-state index < -0.39 is 5.97 Å². The highest BCUT2D eigenvalue weighted by atomic mass is 16.5. The molecule has 0 radical (unpaired) electrons. The summed E-state index contributed by atoms with van der Waals surface area (Å²) in [5.74, 6) is -0.572. The van der Waals surface area contributed by atoms with Crippen molar-refractivity contribution in [1.82, 2.24) is 0 Å². The Morgan fingerprint density at radius 2 is 1.33 bits per heavy atom. The van der Waals surface area contributed by atoms with Crippen LogP contribution in [-0.4, -0.2) is 18.9 Å². The number of ketones is 1. The summed E-state index contributed by atoms with van der Waals surface area (Å²) in [6.45, 7) is 0. The number of hydrogen-bond donors (Lipinski definition) is 1. The Hall–Kier alpha value is -3.66. The number of benzene rings is 3. The fourth-order valence-corrected chi connectivity index (χ4v) is 2.65. The van der Waals surface area contributed by atoms with Crippen molar-refractivity contribution in [3.05, 3.63) is 108 Å². The molecule has 0 atom stereocenters. The minimum absolute atomic E-state index is 0.127. The van der Waals surface area contributed by atoms with Crippen LogP contribution in [0.1, 0.15) is 26.3 Å². The van der Waals surface area contributed by atoms with E-state index in [1.54, 1.807) is 36.4 Å². The highest BCUT2D eigenvalue weighted by Crippen LogP contribution is 2.23. The molecule has 0 bridgehead atoms. The third-order valence-corrected chi connectivity index (χ3v) is 4.02. The number of anilines is 1. The summed E-state index contributed by atoms with van der Waals surface area (Å²) < 4.78 is 4.85. The molecule has 3 aromatic carbocycles. The Balaban J connectivity index is 2.01. The fraction of sp³-hybridized carbons (Fsp3) is 0.0435. The average Bonchev–Trinajstić information content (AvgIpc) is 2.74. The van der Waals surface area contributed by atoms with Crippen molar-refractivity contribution in [2.24, 2.45) is 0 Å². The normalized spacial score (nSPS) is 10.9. The molecule has 4 nitrogen and oxygen atoms in total. The van der Waals surface area contributed by atoms with E-state index in [-0.39, 0.29) is 5.78 Å². The number of carbonyl (C=O) groups is 2. The lowest BCUT2D eigenvalue weighted by Crippen LogP contribution is -2.09. The SMILES string of the molecule is COC(=O)c1ccccc1N/C(=C\C(=O)c1ccccc1)c1ccccc1. The number of esters is 1. The molecule has 0 aliphatic carbocycles. The third kappa shape index (κ3) is 4.50. The third-order valence-electron chi connectivity index (χ3n) is 4.02. The number of carbonyl (C=O) groups excluding carboxylic acids is 2. The molecule has 0 heterocycles. The molecule has 27 heavy (non-hydrogen) atoms. The number of methoxy groups -OCH3 is 1. The quantitative estimate of drug-likeness (QED) is 0.391. The van der Waals surface area contributed by atoms with Gasteiger partial charge in [0.15, 0.2) is 5.78 Å². The van der Waals surface area contributed by atoms with Crippen LogP contribution in [0.25, 0.3) is 5.70 Å². The molecular formula is C23H19NO3. The van der Waals surface area contributed by atoms with Crippen LogP contribution in [0.3, 0.4) is 0 Å². The van der Waals surface area contributed by atoms with Crippen molar-refractivity contribution in [3.8, 4) is 0 Å². The molecule has 134 valence electrons. The standard InChI is InChI=1S/C23H19NO3/c1-27-23(26)19-14-8-9-15-20(19)24-21(17-10-4-2-5-11-17)16-22(25)18-12-6-3-7-13-18/h2-16,24H,1H3/b21-16-. The van der Waals surface area contributed by atoms with Gasteiger partial charge in [0, 0.05) is 17.3 Å². The Kier molecular flexibility index (Phi) is 5.80. The predicted molar refractivity (Wildman–Crippen MR) is 107 cm³/mol. The topological polar surface area (TPSA) is 55.4 Å². The lowest BCUT2D eigenvalue weighted by atomic mass is 10.1.